The first-order valence-corrected chi connectivity index (χ1v) is 9.51. The number of nitro benzene ring substituents is 1. The molecule has 2 aromatic carbocycles. The smallest absolute Gasteiger partial charge is 0.311 e. The molecular formula is C18H16N4O5S. The summed E-state index contributed by atoms with van der Waals surface area (Å²) >= 11 is 0. The second-order valence-corrected chi connectivity index (χ2v) is 7.33. The highest BCUT2D eigenvalue weighted by Gasteiger charge is 2.16. The molecule has 0 amide bonds. The van der Waals surface area contributed by atoms with Crippen molar-refractivity contribution in [3.63, 3.8) is 0 Å². The first kappa shape index (κ1) is 19.3. The summed E-state index contributed by atoms with van der Waals surface area (Å²) < 4.78 is 27.6. The van der Waals surface area contributed by atoms with Crippen LogP contribution in [0.2, 0.25) is 0 Å². The van der Waals surface area contributed by atoms with Crippen molar-refractivity contribution in [1.29, 1.82) is 0 Å². The molecule has 28 heavy (non-hydrogen) atoms. The Morgan fingerprint density at radius 3 is 2.36 bits per heavy atom. The molecule has 0 radical (unpaired) electrons. The maximum Gasteiger partial charge on any atom is 0.311 e. The lowest BCUT2D eigenvalue weighted by molar-refractivity contribution is -0.385. The quantitative estimate of drug-likeness (QED) is 0.479. The van der Waals surface area contributed by atoms with Gasteiger partial charge in [0.2, 0.25) is 10.0 Å². The molecule has 0 unspecified atom stereocenters. The average Bonchev–Trinajstić information content (AvgIpc) is 2.67. The molecular weight excluding hydrogens is 384 g/mol. The highest BCUT2D eigenvalue weighted by Crippen LogP contribution is 2.32. The lowest BCUT2D eigenvalue weighted by atomic mass is 10.1. The fourth-order valence-electron chi connectivity index (χ4n) is 2.57. The van der Waals surface area contributed by atoms with Crippen LogP contribution >= 0.6 is 0 Å². The number of pyridine rings is 1. The minimum absolute atomic E-state index is 0.00491. The van der Waals surface area contributed by atoms with Crippen LogP contribution < -0.4 is 15.2 Å². The Hall–Kier alpha value is -3.50. The van der Waals surface area contributed by atoms with Crippen molar-refractivity contribution in [3.8, 4) is 16.9 Å². The maximum absolute atomic E-state index is 11.3. The first-order chi connectivity index (χ1) is 13.3. The van der Waals surface area contributed by atoms with Crippen LogP contribution in [0.25, 0.3) is 11.1 Å². The average molecular weight is 400 g/mol. The Bertz CT molecular complexity index is 1130. The molecule has 3 N–H and O–H groups in total. The summed E-state index contributed by atoms with van der Waals surface area (Å²) in [6.07, 6.45) is 1.56. The van der Waals surface area contributed by atoms with Crippen LogP contribution in [0, 0.1) is 10.1 Å². The molecule has 1 heterocycles. The zero-order chi connectivity index (χ0) is 20.3. The van der Waals surface area contributed by atoms with E-state index in [9.17, 15) is 18.5 Å². The molecule has 3 rings (SSSR count). The Morgan fingerprint density at radius 2 is 1.75 bits per heavy atom. The second-order valence-electron chi connectivity index (χ2n) is 5.77. The Balaban J connectivity index is 1.89. The van der Waals surface area contributed by atoms with E-state index >= 15 is 0 Å². The predicted molar refractivity (Wildman–Crippen MR) is 104 cm³/mol. The summed E-state index contributed by atoms with van der Waals surface area (Å²) in [4.78, 5) is 14.9. The zero-order valence-electron chi connectivity index (χ0n) is 14.7. The van der Waals surface area contributed by atoms with Crippen LogP contribution in [0.5, 0.6) is 5.75 Å². The molecule has 0 saturated carbocycles. The predicted octanol–water partition coefficient (Wildman–Crippen LogP) is 3.06. The highest BCUT2D eigenvalue weighted by molar-refractivity contribution is 7.89. The third-order valence-corrected chi connectivity index (χ3v) is 4.85. The number of methoxy groups -OCH3 is 1. The third kappa shape index (κ3) is 4.24. The standard InChI is InChI=1S/C18H16N4O5S/c1-27-17-7-2-12(10-16(17)22(23)24)13-8-9-20-18(11-13)21-14-3-5-15(6-4-14)28(19,25)26/h2-11H,1H3,(H,20,21)(H2,19,25,26). The van der Waals surface area contributed by atoms with E-state index in [1.165, 1.54) is 31.4 Å². The van der Waals surface area contributed by atoms with Gasteiger partial charge in [-0.25, -0.2) is 18.5 Å². The highest BCUT2D eigenvalue weighted by atomic mass is 32.2. The van der Waals surface area contributed by atoms with E-state index in [2.05, 4.69) is 10.3 Å². The lowest BCUT2D eigenvalue weighted by Gasteiger charge is -2.09. The van der Waals surface area contributed by atoms with Crippen molar-refractivity contribution in [2.24, 2.45) is 5.14 Å². The molecule has 0 bridgehead atoms. The number of rotatable bonds is 6. The molecule has 9 nitrogen and oxygen atoms in total. The number of hydrogen-bond donors (Lipinski definition) is 2. The largest absolute Gasteiger partial charge is 0.490 e. The molecule has 0 spiro atoms. The number of sulfonamides is 1. The summed E-state index contributed by atoms with van der Waals surface area (Å²) in [6.45, 7) is 0. The van der Waals surface area contributed by atoms with Crippen molar-refractivity contribution in [1.82, 2.24) is 4.98 Å². The second kappa shape index (κ2) is 7.62. The van der Waals surface area contributed by atoms with Crippen LogP contribution in [0.15, 0.2) is 65.7 Å². The molecule has 10 heteroatoms. The van der Waals surface area contributed by atoms with E-state index in [1.807, 2.05) is 0 Å². The van der Waals surface area contributed by atoms with E-state index in [0.717, 1.165) is 0 Å². The van der Waals surface area contributed by atoms with Crippen molar-refractivity contribution in [3.05, 3.63) is 70.9 Å². The molecule has 0 aliphatic carbocycles. The van der Waals surface area contributed by atoms with E-state index in [0.29, 0.717) is 22.6 Å². The molecule has 144 valence electrons. The number of nitrogens with two attached hydrogens (primary N) is 1. The van der Waals surface area contributed by atoms with Crippen LogP contribution in [-0.2, 0) is 10.0 Å². The maximum atomic E-state index is 11.3. The van der Waals surface area contributed by atoms with E-state index in [1.54, 1.807) is 36.5 Å². The van der Waals surface area contributed by atoms with Gasteiger partial charge in [-0.2, -0.15) is 0 Å². The lowest BCUT2D eigenvalue weighted by Crippen LogP contribution is -2.11. The summed E-state index contributed by atoms with van der Waals surface area (Å²) in [5.74, 6) is 0.662. The number of hydrogen-bond acceptors (Lipinski definition) is 7. The van der Waals surface area contributed by atoms with Crippen LogP contribution in [-0.4, -0.2) is 25.4 Å². The minimum atomic E-state index is -3.76. The molecule has 0 saturated heterocycles. The van der Waals surface area contributed by atoms with Crippen LogP contribution in [0.1, 0.15) is 0 Å². The molecule has 0 aliphatic heterocycles. The van der Waals surface area contributed by atoms with Gasteiger partial charge in [0.05, 0.1) is 16.9 Å². The molecule has 3 aromatic rings. The summed E-state index contributed by atoms with van der Waals surface area (Å²) in [5.41, 5.74) is 1.81. The summed E-state index contributed by atoms with van der Waals surface area (Å²) in [6, 6.07) is 14.0. The Labute approximate surface area is 161 Å². The first-order valence-electron chi connectivity index (χ1n) is 7.96. The number of nitrogens with zero attached hydrogens (tertiary/aromatic N) is 2. The number of benzene rings is 2. The Morgan fingerprint density at radius 1 is 1.07 bits per heavy atom. The van der Waals surface area contributed by atoms with Gasteiger partial charge < -0.3 is 10.1 Å². The monoisotopic (exact) mass is 400 g/mol. The van der Waals surface area contributed by atoms with E-state index < -0.39 is 14.9 Å². The molecule has 0 atom stereocenters. The van der Waals surface area contributed by atoms with Gasteiger partial charge in [-0.05, 0) is 53.6 Å². The third-order valence-electron chi connectivity index (χ3n) is 3.92. The fraction of sp³-hybridized carbons (Fsp3) is 0.0556. The van der Waals surface area contributed by atoms with Crippen molar-refractivity contribution < 1.29 is 18.1 Å². The fourth-order valence-corrected chi connectivity index (χ4v) is 3.08. The Kier molecular flexibility index (Phi) is 5.25. The van der Waals surface area contributed by atoms with Gasteiger partial charge in [0.25, 0.3) is 0 Å². The molecule has 0 aliphatic rings. The number of aromatic nitrogens is 1. The van der Waals surface area contributed by atoms with Gasteiger partial charge in [-0.1, -0.05) is 6.07 Å². The summed E-state index contributed by atoms with van der Waals surface area (Å²) in [5, 5.41) is 19.3. The number of nitrogens with one attached hydrogen (secondary N) is 1. The van der Waals surface area contributed by atoms with Crippen molar-refractivity contribution in [2.75, 3.05) is 12.4 Å². The van der Waals surface area contributed by atoms with Gasteiger partial charge in [-0.15, -0.1) is 0 Å². The number of nitro groups is 1. The number of primary sulfonamides is 1. The topological polar surface area (TPSA) is 137 Å². The van der Waals surface area contributed by atoms with Crippen molar-refractivity contribution in [2.45, 2.75) is 4.90 Å². The van der Waals surface area contributed by atoms with Gasteiger partial charge in [-0.3, -0.25) is 10.1 Å². The van der Waals surface area contributed by atoms with Crippen molar-refractivity contribution >= 4 is 27.2 Å². The number of ether oxygens (including phenoxy) is 1. The van der Waals surface area contributed by atoms with Gasteiger partial charge in [0.1, 0.15) is 5.82 Å². The normalized spacial score (nSPS) is 11.1. The SMILES string of the molecule is COc1ccc(-c2ccnc(Nc3ccc(S(N)(=O)=O)cc3)c2)cc1[N+](=O)[O-]. The van der Waals surface area contributed by atoms with Gasteiger partial charge in [0.15, 0.2) is 5.75 Å². The van der Waals surface area contributed by atoms with E-state index in [-0.39, 0.29) is 16.3 Å². The van der Waals surface area contributed by atoms with Crippen LogP contribution in [0.4, 0.5) is 17.2 Å². The molecule has 1 aromatic heterocycles. The summed E-state index contributed by atoms with van der Waals surface area (Å²) in [7, 11) is -2.39. The van der Waals surface area contributed by atoms with Gasteiger partial charge in [0, 0.05) is 18.0 Å². The zero-order valence-corrected chi connectivity index (χ0v) is 15.5. The van der Waals surface area contributed by atoms with Gasteiger partial charge >= 0.3 is 5.69 Å². The van der Waals surface area contributed by atoms with E-state index in [4.69, 9.17) is 9.88 Å². The van der Waals surface area contributed by atoms with Crippen LogP contribution in [0.3, 0.4) is 0 Å². The molecule has 0 fully saturated rings. The number of anilines is 2. The minimum Gasteiger partial charge on any atom is -0.490 e.